The molecule has 3 aromatic rings. The molecule has 0 saturated carbocycles. The molecule has 2 aromatic carbocycles. The first-order valence-electron chi connectivity index (χ1n) is 9.70. The maximum absolute atomic E-state index is 11.0. The smallest absolute Gasteiger partial charge is 0.131 e. The largest absolute Gasteiger partial charge is 0.485 e. The van der Waals surface area contributed by atoms with E-state index >= 15 is 0 Å². The summed E-state index contributed by atoms with van der Waals surface area (Å²) < 4.78 is 6.13. The van der Waals surface area contributed by atoms with Gasteiger partial charge in [0.1, 0.15) is 22.6 Å². The normalized spacial score (nSPS) is 21.4. The fraction of sp³-hybridized carbons (Fsp3) is 0.348. The second-order valence-corrected chi connectivity index (χ2v) is 8.52. The fourth-order valence-corrected chi connectivity index (χ4v) is 4.15. The average molecular weight is 413 g/mol. The summed E-state index contributed by atoms with van der Waals surface area (Å²) >= 11 is 6.15. The predicted octanol–water partition coefficient (Wildman–Crippen LogP) is 4.09. The van der Waals surface area contributed by atoms with Crippen LogP contribution in [0.15, 0.2) is 48.5 Å². The molecule has 0 bridgehead atoms. The molecule has 1 unspecified atom stereocenters. The predicted molar refractivity (Wildman–Crippen MR) is 114 cm³/mol. The molecule has 0 saturated heterocycles. The van der Waals surface area contributed by atoms with Crippen LogP contribution in [0.25, 0.3) is 10.9 Å². The maximum Gasteiger partial charge on any atom is 0.131 e. The highest BCUT2D eigenvalue weighted by atomic mass is 35.5. The first kappa shape index (κ1) is 20.1. The molecule has 4 rings (SSSR count). The Kier molecular flexibility index (Phi) is 5.25. The monoisotopic (exact) mass is 412 g/mol. The highest BCUT2D eigenvalue weighted by Gasteiger charge is 2.43. The third-order valence-corrected chi connectivity index (χ3v) is 5.76. The van der Waals surface area contributed by atoms with Crippen molar-refractivity contribution in [2.75, 3.05) is 6.54 Å². The van der Waals surface area contributed by atoms with Crippen molar-refractivity contribution in [2.45, 2.75) is 44.6 Å². The maximum atomic E-state index is 11.0. The number of rotatable bonds is 4. The summed E-state index contributed by atoms with van der Waals surface area (Å²) in [6, 6.07) is 14.7. The number of halogens is 1. The van der Waals surface area contributed by atoms with Crippen molar-refractivity contribution in [2.24, 2.45) is 0 Å². The molecule has 1 aliphatic rings. The molecule has 0 amide bonds. The van der Waals surface area contributed by atoms with Crippen LogP contribution in [0.1, 0.15) is 42.7 Å². The van der Waals surface area contributed by atoms with Crippen LogP contribution in [0, 0.1) is 6.92 Å². The van der Waals surface area contributed by atoms with Crippen LogP contribution in [0.3, 0.4) is 0 Å². The van der Waals surface area contributed by atoms with Gasteiger partial charge in [-0.15, -0.1) is 0 Å². The zero-order chi connectivity index (χ0) is 20.8. The van der Waals surface area contributed by atoms with Crippen molar-refractivity contribution in [1.82, 2.24) is 10.3 Å². The Bertz CT molecular complexity index is 1040. The Hall–Kier alpha value is -2.18. The molecule has 0 aliphatic carbocycles. The van der Waals surface area contributed by atoms with Crippen LogP contribution in [-0.4, -0.2) is 33.4 Å². The Morgan fingerprint density at radius 2 is 1.93 bits per heavy atom. The van der Waals surface area contributed by atoms with Gasteiger partial charge in [-0.1, -0.05) is 41.9 Å². The van der Waals surface area contributed by atoms with Gasteiger partial charge in [0.05, 0.1) is 17.7 Å². The van der Waals surface area contributed by atoms with Gasteiger partial charge in [0, 0.05) is 17.5 Å². The Labute approximate surface area is 175 Å². The summed E-state index contributed by atoms with van der Waals surface area (Å²) in [5.74, 6) is 0.701. The number of fused-ring (bicyclic) bond motifs is 2. The van der Waals surface area contributed by atoms with Gasteiger partial charge in [-0.05, 0) is 50.1 Å². The van der Waals surface area contributed by atoms with Gasteiger partial charge < -0.3 is 20.3 Å². The third kappa shape index (κ3) is 3.83. The first-order valence-corrected chi connectivity index (χ1v) is 10.1. The molecule has 5 nitrogen and oxygen atoms in total. The molecule has 0 fully saturated rings. The minimum Gasteiger partial charge on any atom is -0.485 e. The molecule has 2 heterocycles. The summed E-state index contributed by atoms with van der Waals surface area (Å²) in [6.45, 7) is 6.00. The van der Waals surface area contributed by atoms with Gasteiger partial charge in [-0.3, -0.25) is 0 Å². The number of nitrogens with zero attached hydrogens (tertiary/aromatic N) is 1. The number of hydrogen-bond acceptors (Lipinski definition) is 5. The number of aliphatic hydroxyl groups is 2. The number of hydrogen-bond donors (Lipinski definition) is 3. The van der Waals surface area contributed by atoms with E-state index in [1.807, 2.05) is 69.3 Å². The lowest BCUT2D eigenvalue weighted by Crippen LogP contribution is -2.53. The molecule has 3 N–H and O–H groups in total. The molecule has 0 radical (unpaired) electrons. The lowest BCUT2D eigenvalue weighted by molar-refractivity contribution is -0.0659. The van der Waals surface area contributed by atoms with Gasteiger partial charge in [0.15, 0.2) is 0 Å². The van der Waals surface area contributed by atoms with E-state index in [2.05, 4.69) is 10.3 Å². The third-order valence-electron chi connectivity index (χ3n) is 5.57. The highest BCUT2D eigenvalue weighted by molar-refractivity contribution is 6.29. The minimum absolute atomic E-state index is 0.293. The SMILES string of the molecule is Cc1cc(Cl)nc2cc3c(cc12)OC(C)(C)[C@H](O)[C@H]3NCC(O)c1ccccc1. The summed E-state index contributed by atoms with van der Waals surface area (Å²) in [4.78, 5) is 4.43. The molecular formula is C23H25ClN2O3. The number of aromatic nitrogens is 1. The number of aliphatic hydroxyl groups excluding tert-OH is 2. The lowest BCUT2D eigenvalue weighted by Gasteiger charge is -2.42. The molecule has 152 valence electrons. The second-order valence-electron chi connectivity index (χ2n) is 8.13. The quantitative estimate of drug-likeness (QED) is 0.563. The summed E-state index contributed by atoms with van der Waals surface area (Å²) in [6.07, 6.45) is -1.50. The fourth-order valence-electron chi connectivity index (χ4n) is 3.90. The van der Waals surface area contributed by atoms with Gasteiger partial charge in [-0.25, -0.2) is 4.98 Å². The van der Waals surface area contributed by atoms with Crippen molar-refractivity contribution < 1.29 is 14.9 Å². The second kappa shape index (κ2) is 7.58. The number of aryl methyl sites for hydroxylation is 1. The van der Waals surface area contributed by atoms with E-state index in [0.29, 0.717) is 17.4 Å². The van der Waals surface area contributed by atoms with Crippen LogP contribution in [0.5, 0.6) is 5.75 Å². The zero-order valence-corrected chi connectivity index (χ0v) is 17.4. The number of ether oxygens (including phenoxy) is 1. The molecule has 3 atom stereocenters. The number of nitrogens with one attached hydrogen (secondary N) is 1. The van der Waals surface area contributed by atoms with Crippen LogP contribution in [-0.2, 0) is 0 Å². The van der Waals surface area contributed by atoms with Gasteiger partial charge in [0.25, 0.3) is 0 Å². The van der Waals surface area contributed by atoms with E-state index in [1.165, 1.54) is 0 Å². The topological polar surface area (TPSA) is 74.6 Å². The molecule has 1 aliphatic heterocycles. The Morgan fingerprint density at radius 3 is 2.66 bits per heavy atom. The van der Waals surface area contributed by atoms with E-state index < -0.39 is 23.9 Å². The van der Waals surface area contributed by atoms with E-state index in [9.17, 15) is 10.2 Å². The van der Waals surface area contributed by atoms with E-state index in [0.717, 1.165) is 27.6 Å². The van der Waals surface area contributed by atoms with Crippen LogP contribution in [0.4, 0.5) is 0 Å². The van der Waals surface area contributed by atoms with E-state index in [4.69, 9.17) is 16.3 Å². The van der Waals surface area contributed by atoms with E-state index in [1.54, 1.807) is 0 Å². The molecular weight excluding hydrogens is 388 g/mol. The van der Waals surface area contributed by atoms with Crippen molar-refractivity contribution in [1.29, 1.82) is 0 Å². The lowest BCUT2D eigenvalue weighted by atomic mass is 9.85. The number of benzene rings is 2. The van der Waals surface area contributed by atoms with Crippen molar-refractivity contribution in [3.63, 3.8) is 0 Å². The van der Waals surface area contributed by atoms with E-state index in [-0.39, 0.29) is 0 Å². The summed E-state index contributed by atoms with van der Waals surface area (Å²) in [7, 11) is 0. The van der Waals surface area contributed by atoms with Crippen molar-refractivity contribution in [3.8, 4) is 5.75 Å². The summed E-state index contributed by atoms with van der Waals surface area (Å²) in [5.41, 5.74) is 2.60. The van der Waals surface area contributed by atoms with Gasteiger partial charge in [-0.2, -0.15) is 0 Å². The minimum atomic E-state index is -0.810. The Morgan fingerprint density at radius 1 is 1.21 bits per heavy atom. The molecule has 6 heteroatoms. The molecule has 29 heavy (non-hydrogen) atoms. The summed E-state index contributed by atoms with van der Waals surface area (Å²) in [5, 5.41) is 26.3. The standard InChI is InChI=1S/C23H25ClN2O3/c1-13-9-20(24)26-17-10-16-19(11-15(13)17)29-23(2,3)22(28)21(16)25-12-18(27)14-7-5-4-6-8-14/h4-11,18,21-22,25,27-28H,12H2,1-3H3/t18?,21-,22+/m0/s1. The van der Waals surface area contributed by atoms with Crippen LogP contribution >= 0.6 is 11.6 Å². The van der Waals surface area contributed by atoms with Crippen molar-refractivity contribution in [3.05, 3.63) is 70.4 Å². The van der Waals surface area contributed by atoms with Crippen LogP contribution in [0.2, 0.25) is 5.15 Å². The molecule has 1 aromatic heterocycles. The van der Waals surface area contributed by atoms with Gasteiger partial charge >= 0.3 is 0 Å². The van der Waals surface area contributed by atoms with Gasteiger partial charge in [0.2, 0.25) is 0 Å². The zero-order valence-electron chi connectivity index (χ0n) is 16.7. The number of pyridine rings is 1. The Balaban J connectivity index is 1.71. The highest BCUT2D eigenvalue weighted by Crippen LogP contribution is 2.42. The van der Waals surface area contributed by atoms with Crippen molar-refractivity contribution >= 4 is 22.5 Å². The molecule has 0 spiro atoms. The average Bonchev–Trinajstić information content (AvgIpc) is 2.68. The van der Waals surface area contributed by atoms with Crippen LogP contribution < -0.4 is 10.1 Å². The first-order chi connectivity index (χ1) is 13.8.